The Balaban J connectivity index is 1.73. The summed E-state index contributed by atoms with van der Waals surface area (Å²) in [5, 5.41) is 12.6. The lowest BCUT2D eigenvalue weighted by atomic mass is 10.2. The number of hydrogen-bond donors (Lipinski definition) is 4. The summed E-state index contributed by atoms with van der Waals surface area (Å²) in [5.74, 6) is 0. The second-order valence-electron chi connectivity index (χ2n) is 5.97. The minimum atomic E-state index is -0.202. The molecule has 0 bridgehead atoms. The zero-order valence-corrected chi connectivity index (χ0v) is 15.3. The maximum Gasteiger partial charge on any atom is 0.319 e. The first kappa shape index (κ1) is 18.7. The number of carbonyl (C=O) groups excluding carboxylic acids is 1. The van der Waals surface area contributed by atoms with Gasteiger partial charge in [0.15, 0.2) is 5.11 Å². The Kier molecular flexibility index (Phi) is 7.22. The van der Waals surface area contributed by atoms with Crippen molar-refractivity contribution in [3.8, 4) is 0 Å². The molecule has 2 amide bonds. The van der Waals surface area contributed by atoms with Crippen molar-refractivity contribution < 1.29 is 4.79 Å². The smallest absolute Gasteiger partial charge is 0.319 e. The van der Waals surface area contributed by atoms with E-state index in [-0.39, 0.29) is 12.1 Å². The summed E-state index contributed by atoms with van der Waals surface area (Å²) in [6.45, 7) is 5.16. The van der Waals surface area contributed by atoms with E-state index in [1.54, 1.807) is 0 Å². The van der Waals surface area contributed by atoms with Gasteiger partial charge in [0.1, 0.15) is 0 Å². The Morgan fingerprint density at radius 1 is 0.920 bits per heavy atom. The largest absolute Gasteiger partial charge is 0.359 e. The van der Waals surface area contributed by atoms with Gasteiger partial charge in [-0.05, 0) is 49.3 Å². The number of rotatable bonds is 6. The lowest BCUT2D eigenvalue weighted by molar-refractivity contribution is 0.250. The predicted octanol–water partition coefficient (Wildman–Crippen LogP) is 3.38. The Bertz CT molecular complexity index is 686. The molecule has 0 saturated carbocycles. The number of nitrogens with one attached hydrogen (secondary N) is 4. The molecule has 2 aromatic carbocycles. The second kappa shape index (κ2) is 9.64. The lowest BCUT2D eigenvalue weighted by Gasteiger charge is -2.12. The third-order valence-corrected chi connectivity index (χ3v) is 3.67. The van der Waals surface area contributed by atoms with Crippen molar-refractivity contribution in [2.45, 2.75) is 33.0 Å². The SMILES string of the molecule is CC(C)NC(=O)Nc1ccc(CNC(=S)NCc2ccccc2)cc1. The van der Waals surface area contributed by atoms with Crippen LogP contribution in [0.3, 0.4) is 0 Å². The van der Waals surface area contributed by atoms with Crippen molar-refractivity contribution in [1.29, 1.82) is 0 Å². The van der Waals surface area contributed by atoms with Gasteiger partial charge in [0.25, 0.3) is 0 Å². The molecule has 0 aliphatic carbocycles. The number of hydrogen-bond acceptors (Lipinski definition) is 2. The van der Waals surface area contributed by atoms with Gasteiger partial charge in [0.05, 0.1) is 0 Å². The molecule has 0 aromatic heterocycles. The molecule has 0 aliphatic rings. The Morgan fingerprint density at radius 3 is 2.04 bits per heavy atom. The number of amides is 2. The standard InChI is InChI=1S/C19H24N4OS/c1-14(2)22-18(24)23-17-10-8-16(9-11-17)13-21-19(25)20-12-15-6-4-3-5-7-15/h3-11,14H,12-13H2,1-2H3,(H2,20,21,25)(H2,22,23,24). The molecule has 132 valence electrons. The van der Waals surface area contributed by atoms with Crippen LogP contribution in [0.25, 0.3) is 0 Å². The highest BCUT2D eigenvalue weighted by Crippen LogP contribution is 2.09. The van der Waals surface area contributed by atoms with E-state index in [0.717, 1.165) is 11.3 Å². The van der Waals surface area contributed by atoms with Crippen LogP contribution in [0, 0.1) is 0 Å². The zero-order chi connectivity index (χ0) is 18.1. The van der Waals surface area contributed by atoms with E-state index >= 15 is 0 Å². The maximum absolute atomic E-state index is 11.7. The van der Waals surface area contributed by atoms with Crippen LogP contribution >= 0.6 is 12.2 Å². The van der Waals surface area contributed by atoms with Crippen molar-refractivity contribution in [2.75, 3.05) is 5.32 Å². The number of carbonyl (C=O) groups is 1. The number of anilines is 1. The van der Waals surface area contributed by atoms with Crippen LogP contribution in [0.2, 0.25) is 0 Å². The monoisotopic (exact) mass is 356 g/mol. The molecule has 2 rings (SSSR count). The van der Waals surface area contributed by atoms with Gasteiger partial charge >= 0.3 is 6.03 Å². The highest BCUT2D eigenvalue weighted by atomic mass is 32.1. The van der Waals surface area contributed by atoms with E-state index < -0.39 is 0 Å². The van der Waals surface area contributed by atoms with Gasteiger partial charge in [0, 0.05) is 24.8 Å². The minimum Gasteiger partial charge on any atom is -0.359 e. The van der Waals surface area contributed by atoms with Crippen LogP contribution in [0.1, 0.15) is 25.0 Å². The molecule has 4 N–H and O–H groups in total. The summed E-state index contributed by atoms with van der Waals surface area (Å²) >= 11 is 5.29. The third kappa shape index (κ3) is 7.22. The first-order chi connectivity index (χ1) is 12.0. The molecule has 0 spiro atoms. The molecule has 6 heteroatoms. The molecule has 0 atom stereocenters. The third-order valence-electron chi connectivity index (χ3n) is 3.38. The van der Waals surface area contributed by atoms with E-state index in [2.05, 4.69) is 33.4 Å². The summed E-state index contributed by atoms with van der Waals surface area (Å²) in [6, 6.07) is 17.7. The van der Waals surface area contributed by atoms with E-state index in [0.29, 0.717) is 18.2 Å². The van der Waals surface area contributed by atoms with Gasteiger partial charge < -0.3 is 21.3 Å². The van der Waals surface area contributed by atoms with Gasteiger partial charge in [-0.15, -0.1) is 0 Å². The topological polar surface area (TPSA) is 65.2 Å². The fraction of sp³-hybridized carbons (Fsp3) is 0.263. The van der Waals surface area contributed by atoms with Gasteiger partial charge in [-0.25, -0.2) is 4.79 Å². The van der Waals surface area contributed by atoms with Gasteiger partial charge in [-0.3, -0.25) is 0 Å². The van der Waals surface area contributed by atoms with Gasteiger partial charge in [-0.1, -0.05) is 42.5 Å². The van der Waals surface area contributed by atoms with Crippen LogP contribution in [0.15, 0.2) is 54.6 Å². The van der Waals surface area contributed by atoms with Gasteiger partial charge in [0.2, 0.25) is 0 Å². The van der Waals surface area contributed by atoms with Crippen molar-refractivity contribution >= 4 is 29.0 Å². The molecule has 0 heterocycles. The predicted molar refractivity (Wildman–Crippen MR) is 106 cm³/mol. The zero-order valence-electron chi connectivity index (χ0n) is 14.5. The van der Waals surface area contributed by atoms with Crippen molar-refractivity contribution in [3.05, 3.63) is 65.7 Å². The number of benzene rings is 2. The Morgan fingerprint density at radius 2 is 1.48 bits per heavy atom. The first-order valence-electron chi connectivity index (χ1n) is 8.25. The summed E-state index contributed by atoms with van der Waals surface area (Å²) in [7, 11) is 0. The molecule has 2 aromatic rings. The average Bonchev–Trinajstić information content (AvgIpc) is 2.59. The van der Waals surface area contributed by atoms with Gasteiger partial charge in [-0.2, -0.15) is 0 Å². The van der Waals surface area contributed by atoms with Crippen LogP contribution in [-0.4, -0.2) is 17.2 Å². The Labute approximate surface area is 154 Å². The van der Waals surface area contributed by atoms with Crippen molar-refractivity contribution in [1.82, 2.24) is 16.0 Å². The minimum absolute atomic E-state index is 0.105. The Hall–Kier alpha value is -2.60. The van der Waals surface area contributed by atoms with E-state index in [9.17, 15) is 4.79 Å². The number of thiocarbonyl (C=S) groups is 1. The lowest BCUT2D eigenvalue weighted by Crippen LogP contribution is -2.34. The average molecular weight is 356 g/mol. The maximum atomic E-state index is 11.7. The molecular weight excluding hydrogens is 332 g/mol. The van der Waals surface area contributed by atoms with Crippen LogP contribution in [-0.2, 0) is 13.1 Å². The summed E-state index contributed by atoms with van der Waals surface area (Å²) in [6.07, 6.45) is 0. The van der Waals surface area contributed by atoms with E-state index in [1.165, 1.54) is 5.56 Å². The first-order valence-corrected chi connectivity index (χ1v) is 8.66. The fourth-order valence-electron chi connectivity index (χ4n) is 2.16. The highest BCUT2D eigenvalue weighted by molar-refractivity contribution is 7.80. The van der Waals surface area contributed by atoms with Crippen LogP contribution in [0.4, 0.5) is 10.5 Å². The molecular formula is C19H24N4OS. The molecule has 5 nitrogen and oxygen atoms in total. The van der Waals surface area contributed by atoms with Crippen molar-refractivity contribution in [3.63, 3.8) is 0 Å². The normalized spacial score (nSPS) is 10.2. The molecule has 0 unspecified atom stereocenters. The van der Waals surface area contributed by atoms with Crippen LogP contribution < -0.4 is 21.3 Å². The molecule has 0 saturated heterocycles. The fourth-order valence-corrected chi connectivity index (χ4v) is 2.30. The summed E-state index contributed by atoms with van der Waals surface area (Å²) in [5.41, 5.74) is 3.02. The molecule has 25 heavy (non-hydrogen) atoms. The van der Waals surface area contributed by atoms with Crippen molar-refractivity contribution in [2.24, 2.45) is 0 Å². The molecule has 0 aliphatic heterocycles. The van der Waals surface area contributed by atoms with E-state index in [1.807, 2.05) is 56.3 Å². The second-order valence-corrected chi connectivity index (χ2v) is 6.38. The van der Waals surface area contributed by atoms with Crippen LogP contribution in [0.5, 0.6) is 0 Å². The summed E-state index contributed by atoms with van der Waals surface area (Å²) < 4.78 is 0. The van der Waals surface area contributed by atoms with E-state index in [4.69, 9.17) is 12.2 Å². The summed E-state index contributed by atoms with van der Waals surface area (Å²) in [4.78, 5) is 11.7. The quantitative estimate of drug-likeness (QED) is 0.599. The highest BCUT2D eigenvalue weighted by Gasteiger charge is 2.03. The molecule has 0 radical (unpaired) electrons. The number of urea groups is 1. The molecule has 0 fully saturated rings.